The predicted octanol–water partition coefficient (Wildman–Crippen LogP) is 4.11. The van der Waals surface area contributed by atoms with Gasteiger partial charge in [-0.2, -0.15) is 0 Å². The van der Waals surface area contributed by atoms with Crippen molar-refractivity contribution in [3.8, 4) is 5.75 Å². The van der Waals surface area contributed by atoms with Crippen LogP contribution < -0.4 is 20.7 Å². The van der Waals surface area contributed by atoms with Crippen molar-refractivity contribution in [1.82, 2.24) is 10.6 Å². The number of carbonyl (C=O) groups is 2. The van der Waals surface area contributed by atoms with Crippen molar-refractivity contribution >= 4 is 33.6 Å². The number of allylic oxidation sites excluding steroid dienone is 1. The lowest BCUT2D eigenvalue weighted by Gasteiger charge is -2.28. The fourth-order valence-corrected chi connectivity index (χ4v) is 3.35. The van der Waals surface area contributed by atoms with Gasteiger partial charge < -0.3 is 20.7 Å². The van der Waals surface area contributed by atoms with E-state index in [2.05, 4.69) is 31.9 Å². The summed E-state index contributed by atoms with van der Waals surface area (Å²) in [5.74, 6) is 0.457. The molecule has 6 nitrogen and oxygen atoms in total. The van der Waals surface area contributed by atoms with Gasteiger partial charge >= 0.3 is 6.03 Å². The molecule has 0 saturated carbocycles. The molecule has 0 spiro atoms. The van der Waals surface area contributed by atoms with Gasteiger partial charge in [-0.25, -0.2) is 4.79 Å². The van der Waals surface area contributed by atoms with Gasteiger partial charge in [-0.1, -0.05) is 28.1 Å². The highest BCUT2D eigenvalue weighted by atomic mass is 79.9. The van der Waals surface area contributed by atoms with Gasteiger partial charge in [-0.05, 0) is 55.8 Å². The molecule has 1 aliphatic rings. The van der Waals surface area contributed by atoms with Gasteiger partial charge in [0.05, 0.1) is 18.2 Å². The molecule has 7 heteroatoms. The summed E-state index contributed by atoms with van der Waals surface area (Å²) in [7, 11) is 0. The van der Waals surface area contributed by atoms with Crippen molar-refractivity contribution in [3.63, 3.8) is 0 Å². The molecule has 1 aliphatic heterocycles. The smallest absolute Gasteiger partial charge is 0.319 e. The van der Waals surface area contributed by atoms with E-state index in [-0.39, 0.29) is 11.9 Å². The summed E-state index contributed by atoms with van der Waals surface area (Å²) in [4.78, 5) is 24.9. The van der Waals surface area contributed by atoms with Crippen LogP contribution in [0.5, 0.6) is 5.75 Å². The molecule has 140 valence electrons. The molecule has 3 N–H and O–H groups in total. The van der Waals surface area contributed by atoms with Crippen LogP contribution in [-0.2, 0) is 4.79 Å². The van der Waals surface area contributed by atoms with E-state index in [4.69, 9.17) is 4.74 Å². The van der Waals surface area contributed by atoms with Crippen LogP contribution in [0.15, 0.2) is 64.3 Å². The number of amides is 3. The summed E-state index contributed by atoms with van der Waals surface area (Å²) < 4.78 is 6.29. The maximum absolute atomic E-state index is 13.0. The Morgan fingerprint density at radius 2 is 1.96 bits per heavy atom. The van der Waals surface area contributed by atoms with E-state index >= 15 is 0 Å². The summed E-state index contributed by atoms with van der Waals surface area (Å²) in [6.45, 7) is 4.21. The number of rotatable bonds is 5. The van der Waals surface area contributed by atoms with Gasteiger partial charge in [-0.15, -0.1) is 0 Å². The number of hydrogen-bond donors (Lipinski definition) is 3. The highest BCUT2D eigenvalue weighted by Crippen LogP contribution is 2.29. The first-order valence-electron chi connectivity index (χ1n) is 8.56. The van der Waals surface area contributed by atoms with E-state index in [1.165, 1.54) is 0 Å². The molecule has 3 amide bonds. The fourth-order valence-electron chi connectivity index (χ4n) is 2.93. The summed E-state index contributed by atoms with van der Waals surface area (Å²) in [6.07, 6.45) is 0. The van der Waals surface area contributed by atoms with Gasteiger partial charge in [0.25, 0.3) is 5.91 Å². The van der Waals surface area contributed by atoms with E-state index in [0.717, 1.165) is 15.8 Å². The topological polar surface area (TPSA) is 79.5 Å². The number of nitrogens with one attached hydrogen (secondary N) is 3. The molecule has 0 radical (unpaired) electrons. The quantitative estimate of drug-likeness (QED) is 0.668. The second-order valence-electron chi connectivity index (χ2n) is 6.04. The first-order valence-corrected chi connectivity index (χ1v) is 9.35. The van der Waals surface area contributed by atoms with Crippen molar-refractivity contribution in [1.29, 1.82) is 0 Å². The number of halogens is 1. The summed E-state index contributed by atoms with van der Waals surface area (Å²) in [5.41, 5.74) is 2.44. The Morgan fingerprint density at radius 3 is 2.63 bits per heavy atom. The van der Waals surface area contributed by atoms with Crippen LogP contribution in [0, 0.1) is 0 Å². The zero-order chi connectivity index (χ0) is 19.4. The van der Waals surface area contributed by atoms with Crippen molar-refractivity contribution in [3.05, 3.63) is 69.8 Å². The second kappa shape index (κ2) is 8.26. The van der Waals surface area contributed by atoms with E-state index in [1.807, 2.05) is 31.2 Å². The van der Waals surface area contributed by atoms with Crippen molar-refractivity contribution in [2.75, 3.05) is 11.9 Å². The van der Waals surface area contributed by atoms with Gasteiger partial charge in [0.2, 0.25) is 0 Å². The molecule has 3 rings (SSSR count). The highest BCUT2D eigenvalue weighted by Gasteiger charge is 2.31. The lowest BCUT2D eigenvalue weighted by atomic mass is 9.95. The Labute approximate surface area is 166 Å². The molecule has 0 saturated heterocycles. The number of anilines is 1. The Bertz CT molecular complexity index is 894. The minimum absolute atomic E-state index is 0.283. The standard InChI is InChI=1S/C20H20BrN3O3/c1-3-27-16-9-7-15(8-10-16)23-19(25)17-12(2)22-20(26)24-18(17)13-5-4-6-14(21)11-13/h4-11,18H,3H2,1-2H3,(H,23,25)(H2,22,24,26)/t18-/m1/s1. The Morgan fingerprint density at radius 1 is 1.22 bits per heavy atom. The average Bonchev–Trinajstić information content (AvgIpc) is 2.63. The summed E-state index contributed by atoms with van der Waals surface area (Å²) in [5, 5.41) is 8.38. The van der Waals surface area contributed by atoms with Crippen LogP contribution in [0.2, 0.25) is 0 Å². The predicted molar refractivity (Wildman–Crippen MR) is 107 cm³/mol. The van der Waals surface area contributed by atoms with Crippen molar-refractivity contribution < 1.29 is 14.3 Å². The maximum atomic E-state index is 13.0. The van der Waals surface area contributed by atoms with E-state index in [1.54, 1.807) is 31.2 Å². The molecular weight excluding hydrogens is 410 g/mol. The second-order valence-corrected chi connectivity index (χ2v) is 6.95. The summed E-state index contributed by atoms with van der Waals surface area (Å²) in [6, 6.07) is 13.8. The zero-order valence-corrected chi connectivity index (χ0v) is 16.6. The molecule has 0 aliphatic carbocycles. The third kappa shape index (κ3) is 4.49. The third-order valence-electron chi connectivity index (χ3n) is 4.12. The Hall–Kier alpha value is -2.80. The molecule has 2 aromatic rings. The largest absolute Gasteiger partial charge is 0.494 e. The molecule has 0 bridgehead atoms. The van der Waals surface area contributed by atoms with Crippen LogP contribution in [-0.4, -0.2) is 18.5 Å². The fraction of sp³-hybridized carbons (Fsp3) is 0.200. The SMILES string of the molecule is CCOc1ccc(NC(=O)C2=C(C)NC(=O)N[C@@H]2c2cccc(Br)c2)cc1. The summed E-state index contributed by atoms with van der Waals surface area (Å²) >= 11 is 3.43. The molecule has 1 heterocycles. The van der Waals surface area contributed by atoms with Crippen LogP contribution in [0.4, 0.5) is 10.5 Å². The lowest BCUT2D eigenvalue weighted by molar-refractivity contribution is -0.113. The first-order chi connectivity index (χ1) is 13.0. The van der Waals surface area contributed by atoms with Crippen LogP contribution in [0.1, 0.15) is 25.5 Å². The minimum atomic E-state index is -0.543. The maximum Gasteiger partial charge on any atom is 0.319 e. The van der Waals surface area contributed by atoms with Crippen LogP contribution in [0.25, 0.3) is 0 Å². The number of carbonyl (C=O) groups excluding carboxylic acids is 2. The van der Waals surface area contributed by atoms with Crippen molar-refractivity contribution in [2.24, 2.45) is 0 Å². The zero-order valence-electron chi connectivity index (χ0n) is 15.0. The van der Waals surface area contributed by atoms with Crippen molar-refractivity contribution in [2.45, 2.75) is 19.9 Å². The van der Waals surface area contributed by atoms with Gasteiger partial charge in [0.15, 0.2) is 0 Å². The number of hydrogen-bond acceptors (Lipinski definition) is 3. The lowest BCUT2D eigenvalue weighted by Crippen LogP contribution is -2.45. The average molecular weight is 430 g/mol. The van der Waals surface area contributed by atoms with Gasteiger partial charge in [-0.3, -0.25) is 4.79 Å². The minimum Gasteiger partial charge on any atom is -0.494 e. The monoisotopic (exact) mass is 429 g/mol. The molecule has 0 fully saturated rings. The van der Waals surface area contributed by atoms with E-state index in [0.29, 0.717) is 23.6 Å². The van der Waals surface area contributed by atoms with E-state index < -0.39 is 6.04 Å². The van der Waals surface area contributed by atoms with Crippen LogP contribution >= 0.6 is 15.9 Å². The Kier molecular flexibility index (Phi) is 5.81. The molecule has 0 aromatic heterocycles. The van der Waals surface area contributed by atoms with Gasteiger partial charge in [0, 0.05) is 15.9 Å². The number of urea groups is 1. The highest BCUT2D eigenvalue weighted by molar-refractivity contribution is 9.10. The molecule has 2 aromatic carbocycles. The molecule has 1 atom stereocenters. The molecule has 0 unspecified atom stereocenters. The first kappa shape index (κ1) is 19.0. The molecular formula is C20H20BrN3O3. The number of ether oxygens (including phenoxy) is 1. The van der Waals surface area contributed by atoms with Gasteiger partial charge in [0.1, 0.15) is 5.75 Å². The third-order valence-corrected chi connectivity index (χ3v) is 4.61. The molecule has 27 heavy (non-hydrogen) atoms. The Balaban J connectivity index is 1.87. The normalized spacial score (nSPS) is 16.4. The van der Waals surface area contributed by atoms with Crippen LogP contribution in [0.3, 0.4) is 0 Å². The van der Waals surface area contributed by atoms with E-state index in [9.17, 15) is 9.59 Å². The number of benzene rings is 2.